The summed E-state index contributed by atoms with van der Waals surface area (Å²) in [6.07, 6.45) is 3.31. The van der Waals surface area contributed by atoms with Crippen molar-refractivity contribution in [1.29, 1.82) is 0 Å². The van der Waals surface area contributed by atoms with Gasteiger partial charge >= 0.3 is 0 Å². The van der Waals surface area contributed by atoms with Crippen LogP contribution in [0.1, 0.15) is 39.5 Å². The van der Waals surface area contributed by atoms with E-state index in [0.29, 0.717) is 45.6 Å². The maximum Gasteiger partial charge on any atom is 0.237 e. The molecule has 2 rings (SSSR count). The third-order valence-corrected chi connectivity index (χ3v) is 6.61. The molecular weight excluding hydrogens is 304 g/mol. The maximum atomic E-state index is 12.2. The van der Waals surface area contributed by atoms with Crippen molar-refractivity contribution in [3.8, 4) is 0 Å². The fourth-order valence-electron chi connectivity index (χ4n) is 3.33. The molecule has 1 saturated heterocycles. The molecule has 0 unspecified atom stereocenters. The molecule has 0 bridgehead atoms. The molecule has 128 valence electrons. The van der Waals surface area contributed by atoms with Crippen molar-refractivity contribution < 1.29 is 18.3 Å². The maximum absolute atomic E-state index is 12.2. The number of carbonyl (C=O) groups is 1. The van der Waals surface area contributed by atoms with E-state index in [1.165, 1.54) is 0 Å². The van der Waals surface area contributed by atoms with Crippen LogP contribution in [0.5, 0.6) is 0 Å². The van der Waals surface area contributed by atoms with Crippen LogP contribution in [0, 0.1) is 0 Å². The number of β-amino-alcohol motifs (C(OH)–C–C–N with tert-alkyl or cyclic N) is 1. The molecule has 1 saturated carbocycles. The Labute approximate surface area is 133 Å². The van der Waals surface area contributed by atoms with Crippen LogP contribution in [0.15, 0.2) is 0 Å². The SMILES string of the molecule is CC(C)(O)CN1CCN(C(=O)CS(=O)(=O)C2CCCC2)CC1. The van der Waals surface area contributed by atoms with Gasteiger partial charge in [0, 0.05) is 32.7 Å². The average Bonchev–Trinajstić information content (AvgIpc) is 2.91. The Morgan fingerprint density at radius 2 is 1.68 bits per heavy atom. The molecular formula is C15H28N2O4S. The second-order valence-corrected chi connectivity index (χ2v) is 9.46. The number of hydrogen-bond acceptors (Lipinski definition) is 5. The van der Waals surface area contributed by atoms with Gasteiger partial charge in [-0.3, -0.25) is 9.69 Å². The Balaban J connectivity index is 1.82. The Morgan fingerprint density at radius 3 is 2.18 bits per heavy atom. The van der Waals surface area contributed by atoms with E-state index < -0.39 is 15.4 Å². The summed E-state index contributed by atoms with van der Waals surface area (Å²) in [4.78, 5) is 16.0. The molecule has 0 aromatic carbocycles. The minimum absolute atomic E-state index is 0.269. The van der Waals surface area contributed by atoms with Gasteiger partial charge in [0.25, 0.3) is 0 Å². The molecule has 0 spiro atoms. The van der Waals surface area contributed by atoms with E-state index in [1.54, 1.807) is 18.7 Å². The van der Waals surface area contributed by atoms with Crippen molar-refractivity contribution in [3.05, 3.63) is 0 Å². The molecule has 1 N–H and O–H groups in total. The van der Waals surface area contributed by atoms with Gasteiger partial charge in [-0.05, 0) is 26.7 Å². The number of nitrogens with zero attached hydrogens (tertiary/aromatic N) is 2. The van der Waals surface area contributed by atoms with Crippen molar-refractivity contribution in [2.75, 3.05) is 38.5 Å². The summed E-state index contributed by atoms with van der Waals surface area (Å²) >= 11 is 0. The predicted octanol–water partition coefficient (Wildman–Crippen LogP) is 0.259. The van der Waals surface area contributed by atoms with E-state index in [2.05, 4.69) is 4.90 Å². The summed E-state index contributed by atoms with van der Waals surface area (Å²) in [6, 6.07) is 0. The van der Waals surface area contributed by atoms with Crippen molar-refractivity contribution >= 4 is 15.7 Å². The van der Waals surface area contributed by atoms with Gasteiger partial charge < -0.3 is 10.0 Å². The zero-order valence-corrected chi connectivity index (χ0v) is 14.4. The minimum Gasteiger partial charge on any atom is -0.389 e. The molecule has 0 radical (unpaired) electrons. The van der Waals surface area contributed by atoms with Gasteiger partial charge in [0.15, 0.2) is 9.84 Å². The molecule has 1 heterocycles. The van der Waals surface area contributed by atoms with E-state index in [0.717, 1.165) is 12.8 Å². The number of rotatable bonds is 5. The lowest BCUT2D eigenvalue weighted by molar-refractivity contribution is -0.130. The lowest BCUT2D eigenvalue weighted by atomic mass is 10.1. The second-order valence-electron chi connectivity index (χ2n) is 7.18. The van der Waals surface area contributed by atoms with Gasteiger partial charge in [-0.1, -0.05) is 12.8 Å². The standard InChI is InChI=1S/C15H28N2O4S/c1-15(2,19)12-16-7-9-17(10-8-16)14(18)11-22(20,21)13-5-3-4-6-13/h13,19H,3-12H2,1-2H3. The first kappa shape index (κ1) is 17.7. The van der Waals surface area contributed by atoms with Crippen molar-refractivity contribution in [3.63, 3.8) is 0 Å². The first-order valence-corrected chi connectivity index (χ1v) is 9.83. The van der Waals surface area contributed by atoms with Crippen LogP contribution in [-0.4, -0.2) is 78.6 Å². The van der Waals surface area contributed by atoms with E-state index in [1.807, 2.05) is 0 Å². The zero-order valence-electron chi connectivity index (χ0n) is 13.6. The summed E-state index contributed by atoms with van der Waals surface area (Å²) < 4.78 is 24.5. The van der Waals surface area contributed by atoms with E-state index >= 15 is 0 Å². The number of piperazine rings is 1. The lowest BCUT2D eigenvalue weighted by Gasteiger charge is -2.37. The van der Waals surface area contributed by atoms with Gasteiger partial charge in [-0.2, -0.15) is 0 Å². The van der Waals surface area contributed by atoms with Gasteiger partial charge in [0.2, 0.25) is 5.91 Å². The van der Waals surface area contributed by atoms with E-state index in [4.69, 9.17) is 0 Å². The molecule has 6 nitrogen and oxygen atoms in total. The molecule has 0 aromatic heterocycles. The molecule has 0 aromatic rings. The highest BCUT2D eigenvalue weighted by Gasteiger charge is 2.33. The minimum atomic E-state index is -3.30. The second kappa shape index (κ2) is 6.84. The molecule has 2 aliphatic rings. The van der Waals surface area contributed by atoms with Crippen LogP contribution in [0.2, 0.25) is 0 Å². The fourth-order valence-corrected chi connectivity index (χ4v) is 5.15. The molecule has 7 heteroatoms. The third-order valence-electron chi connectivity index (χ3n) is 4.47. The fraction of sp³-hybridized carbons (Fsp3) is 0.933. The molecule has 1 aliphatic heterocycles. The Bertz CT molecular complexity index is 484. The normalized spacial score (nSPS) is 22.2. The van der Waals surface area contributed by atoms with Crippen LogP contribution in [0.3, 0.4) is 0 Å². The number of amides is 1. The van der Waals surface area contributed by atoms with Gasteiger partial charge in [-0.15, -0.1) is 0 Å². The molecule has 1 amide bonds. The highest BCUT2D eigenvalue weighted by molar-refractivity contribution is 7.92. The average molecular weight is 332 g/mol. The van der Waals surface area contributed by atoms with Gasteiger partial charge in [0.05, 0.1) is 10.9 Å². The summed E-state index contributed by atoms with van der Waals surface area (Å²) in [5, 5.41) is 9.51. The van der Waals surface area contributed by atoms with Gasteiger partial charge in [0.1, 0.15) is 5.75 Å². The number of sulfone groups is 1. The van der Waals surface area contributed by atoms with Crippen LogP contribution in [0.25, 0.3) is 0 Å². The smallest absolute Gasteiger partial charge is 0.237 e. The zero-order chi connectivity index (χ0) is 16.4. The highest BCUT2D eigenvalue weighted by Crippen LogP contribution is 2.25. The quantitative estimate of drug-likeness (QED) is 0.781. The summed E-state index contributed by atoms with van der Waals surface area (Å²) in [7, 11) is -3.30. The molecule has 2 fully saturated rings. The molecule has 22 heavy (non-hydrogen) atoms. The lowest BCUT2D eigenvalue weighted by Crippen LogP contribution is -2.53. The van der Waals surface area contributed by atoms with Crippen molar-refractivity contribution in [1.82, 2.24) is 9.80 Å². The molecule has 1 aliphatic carbocycles. The first-order valence-electron chi connectivity index (χ1n) is 8.11. The highest BCUT2D eigenvalue weighted by atomic mass is 32.2. The van der Waals surface area contributed by atoms with Gasteiger partial charge in [-0.25, -0.2) is 8.42 Å². The van der Waals surface area contributed by atoms with Crippen molar-refractivity contribution in [2.45, 2.75) is 50.4 Å². The summed E-state index contributed by atoms with van der Waals surface area (Å²) in [5.41, 5.74) is -0.752. The van der Waals surface area contributed by atoms with Crippen LogP contribution < -0.4 is 0 Å². The summed E-state index contributed by atoms with van der Waals surface area (Å²) in [5.74, 6) is -0.613. The number of aliphatic hydroxyl groups is 1. The van der Waals surface area contributed by atoms with E-state index in [9.17, 15) is 18.3 Å². The monoisotopic (exact) mass is 332 g/mol. The van der Waals surface area contributed by atoms with Crippen LogP contribution in [-0.2, 0) is 14.6 Å². The summed E-state index contributed by atoms with van der Waals surface area (Å²) in [6.45, 7) is 6.52. The first-order chi connectivity index (χ1) is 10.2. The molecule has 0 atom stereocenters. The Hall–Kier alpha value is -0.660. The number of hydrogen-bond donors (Lipinski definition) is 1. The third kappa shape index (κ3) is 4.93. The van der Waals surface area contributed by atoms with Crippen LogP contribution >= 0.6 is 0 Å². The van der Waals surface area contributed by atoms with Crippen molar-refractivity contribution in [2.24, 2.45) is 0 Å². The largest absolute Gasteiger partial charge is 0.389 e. The Morgan fingerprint density at radius 1 is 1.14 bits per heavy atom. The Kier molecular flexibility index (Phi) is 5.50. The predicted molar refractivity (Wildman–Crippen MR) is 85.4 cm³/mol. The topological polar surface area (TPSA) is 77.9 Å². The number of carbonyl (C=O) groups excluding carboxylic acids is 1. The van der Waals surface area contributed by atoms with E-state index in [-0.39, 0.29) is 16.9 Å². The van der Waals surface area contributed by atoms with Crippen LogP contribution in [0.4, 0.5) is 0 Å².